The summed E-state index contributed by atoms with van der Waals surface area (Å²) in [5.41, 5.74) is 5.99. The topological polar surface area (TPSA) is 78.7 Å². The molecule has 0 aliphatic carbocycles. The number of piperidine rings is 2. The third kappa shape index (κ3) is 4.15. The molecule has 0 radical (unpaired) electrons. The number of amides is 3. The molecule has 2 fully saturated rings. The quantitative estimate of drug-likeness (QED) is 0.867. The van der Waals surface area contributed by atoms with E-state index in [1.165, 1.54) is 12.1 Å². The van der Waals surface area contributed by atoms with Crippen molar-refractivity contribution in [1.82, 2.24) is 9.80 Å². The molecule has 7 heteroatoms. The van der Waals surface area contributed by atoms with E-state index in [4.69, 9.17) is 5.73 Å². The van der Waals surface area contributed by atoms with Crippen molar-refractivity contribution in [2.45, 2.75) is 38.1 Å². The van der Waals surface area contributed by atoms with Gasteiger partial charge in [0.2, 0.25) is 5.91 Å². The third-order valence-corrected chi connectivity index (χ3v) is 5.36. The smallest absolute Gasteiger partial charge is 0.321 e. The first kappa shape index (κ1) is 18.6. The number of carbonyl (C=O) groups is 2. The largest absolute Gasteiger partial charge is 0.338 e. The van der Waals surface area contributed by atoms with Crippen LogP contribution in [0, 0.1) is 11.7 Å². The van der Waals surface area contributed by atoms with Gasteiger partial charge in [-0.15, -0.1) is 0 Å². The normalized spacial score (nSPS) is 23.6. The molecule has 3 rings (SSSR count). The van der Waals surface area contributed by atoms with Gasteiger partial charge in [0.25, 0.3) is 0 Å². The molecule has 0 saturated carbocycles. The van der Waals surface area contributed by atoms with Crippen LogP contribution in [0.2, 0.25) is 0 Å². The number of para-hydroxylation sites is 1. The van der Waals surface area contributed by atoms with Gasteiger partial charge in [-0.2, -0.15) is 0 Å². The van der Waals surface area contributed by atoms with Crippen molar-refractivity contribution in [3.63, 3.8) is 0 Å². The van der Waals surface area contributed by atoms with E-state index < -0.39 is 5.82 Å². The van der Waals surface area contributed by atoms with Crippen molar-refractivity contribution in [2.75, 3.05) is 31.5 Å². The van der Waals surface area contributed by atoms with E-state index in [1.807, 2.05) is 4.90 Å². The van der Waals surface area contributed by atoms with E-state index in [0.717, 1.165) is 38.6 Å². The van der Waals surface area contributed by atoms with Gasteiger partial charge in [0.15, 0.2) is 0 Å². The van der Waals surface area contributed by atoms with Gasteiger partial charge < -0.3 is 20.9 Å². The van der Waals surface area contributed by atoms with E-state index in [1.54, 1.807) is 17.0 Å². The van der Waals surface area contributed by atoms with Gasteiger partial charge in [0, 0.05) is 32.2 Å². The molecule has 2 unspecified atom stereocenters. The molecule has 2 heterocycles. The fourth-order valence-corrected chi connectivity index (χ4v) is 3.89. The molecule has 0 spiro atoms. The lowest BCUT2D eigenvalue weighted by Gasteiger charge is -2.40. The summed E-state index contributed by atoms with van der Waals surface area (Å²) in [6, 6.07) is 5.83. The zero-order chi connectivity index (χ0) is 18.5. The number of hydrogen-bond acceptors (Lipinski definition) is 3. The minimum absolute atomic E-state index is 0.101. The van der Waals surface area contributed by atoms with E-state index >= 15 is 0 Å². The first-order valence-electron chi connectivity index (χ1n) is 9.41. The summed E-state index contributed by atoms with van der Waals surface area (Å²) in [4.78, 5) is 29.0. The molecule has 2 aliphatic heterocycles. The highest BCUT2D eigenvalue weighted by atomic mass is 19.1. The van der Waals surface area contributed by atoms with E-state index in [9.17, 15) is 14.0 Å². The summed E-state index contributed by atoms with van der Waals surface area (Å²) in [5.74, 6) is -0.574. The number of urea groups is 1. The van der Waals surface area contributed by atoms with Crippen LogP contribution in [-0.2, 0) is 4.79 Å². The highest BCUT2D eigenvalue weighted by molar-refractivity contribution is 5.90. The Balaban J connectivity index is 1.62. The maximum atomic E-state index is 13.7. The van der Waals surface area contributed by atoms with Crippen LogP contribution in [-0.4, -0.2) is 54.0 Å². The number of carbonyl (C=O) groups excluding carboxylic acids is 2. The van der Waals surface area contributed by atoms with Crippen LogP contribution >= 0.6 is 0 Å². The van der Waals surface area contributed by atoms with Gasteiger partial charge in [0.1, 0.15) is 5.82 Å². The Bertz CT molecular complexity index is 654. The minimum atomic E-state index is -0.468. The van der Waals surface area contributed by atoms with Crippen LogP contribution in [0.1, 0.15) is 32.1 Å². The minimum Gasteiger partial charge on any atom is -0.338 e. The average Bonchev–Trinajstić information content (AvgIpc) is 2.69. The summed E-state index contributed by atoms with van der Waals surface area (Å²) in [7, 11) is 0. The fraction of sp³-hybridized carbons (Fsp3) is 0.579. The maximum absolute atomic E-state index is 13.7. The van der Waals surface area contributed by atoms with Crippen molar-refractivity contribution in [2.24, 2.45) is 11.7 Å². The van der Waals surface area contributed by atoms with Gasteiger partial charge in [0.05, 0.1) is 11.6 Å². The van der Waals surface area contributed by atoms with Crippen LogP contribution in [0.15, 0.2) is 24.3 Å². The van der Waals surface area contributed by atoms with E-state index in [-0.39, 0.29) is 29.6 Å². The lowest BCUT2D eigenvalue weighted by molar-refractivity contribution is -0.140. The molecular weight excluding hydrogens is 335 g/mol. The molecule has 6 nitrogen and oxygen atoms in total. The average molecular weight is 362 g/mol. The Morgan fingerprint density at radius 3 is 2.73 bits per heavy atom. The highest BCUT2D eigenvalue weighted by Crippen LogP contribution is 2.24. The zero-order valence-corrected chi connectivity index (χ0v) is 15.0. The van der Waals surface area contributed by atoms with Gasteiger partial charge in [-0.25, -0.2) is 9.18 Å². The third-order valence-electron chi connectivity index (χ3n) is 5.36. The van der Waals surface area contributed by atoms with Crippen molar-refractivity contribution >= 4 is 17.6 Å². The summed E-state index contributed by atoms with van der Waals surface area (Å²) < 4.78 is 13.7. The summed E-state index contributed by atoms with van der Waals surface area (Å²) in [6.07, 6.45) is 4.60. The SMILES string of the molecule is NCC1CCCCN1C(=O)C1CCCN(C(=O)Nc2ccccc2F)C1. The molecule has 2 aliphatic rings. The predicted molar refractivity (Wildman–Crippen MR) is 98.1 cm³/mol. The van der Waals surface area contributed by atoms with Crippen LogP contribution < -0.4 is 11.1 Å². The van der Waals surface area contributed by atoms with Gasteiger partial charge in [-0.1, -0.05) is 12.1 Å². The van der Waals surface area contributed by atoms with Crippen molar-refractivity contribution < 1.29 is 14.0 Å². The Kier molecular flexibility index (Phi) is 6.08. The Morgan fingerprint density at radius 1 is 1.15 bits per heavy atom. The molecule has 1 aromatic rings. The molecule has 142 valence electrons. The van der Waals surface area contributed by atoms with E-state index in [2.05, 4.69) is 5.32 Å². The van der Waals surface area contributed by atoms with Crippen LogP contribution in [0.5, 0.6) is 0 Å². The second-order valence-corrected chi connectivity index (χ2v) is 7.11. The Hall–Kier alpha value is -2.15. The van der Waals surface area contributed by atoms with Gasteiger partial charge in [-0.05, 0) is 44.2 Å². The fourth-order valence-electron chi connectivity index (χ4n) is 3.89. The first-order valence-corrected chi connectivity index (χ1v) is 9.41. The number of benzene rings is 1. The van der Waals surface area contributed by atoms with Crippen LogP contribution in [0.4, 0.5) is 14.9 Å². The summed E-state index contributed by atoms with van der Waals surface area (Å²) in [6.45, 7) is 2.17. The van der Waals surface area contributed by atoms with Crippen molar-refractivity contribution in [1.29, 1.82) is 0 Å². The number of rotatable bonds is 3. The lowest BCUT2D eigenvalue weighted by Crippen LogP contribution is -2.53. The van der Waals surface area contributed by atoms with Crippen LogP contribution in [0.3, 0.4) is 0 Å². The molecule has 0 aromatic heterocycles. The summed E-state index contributed by atoms with van der Waals surface area (Å²) in [5, 5.41) is 2.61. The number of nitrogens with one attached hydrogen (secondary N) is 1. The second-order valence-electron chi connectivity index (χ2n) is 7.11. The molecule has 3 N–H and O–H groups in total. The van der Waals surface area contributed by atoms with Crippen molar-refractivity contribution in [3.05, 3.63) is 30.1 Å². The number of anilines is 1. The summed E-state index contributed by atoms with van der Waals surface area (Å²) >= 11 is 0. The molecule has 26 heavy (non-hydrogen) atoms. The number of hydrogen-bond donors (Lipinski definition) is 2. The zero-order valence-electron chi connectivity index (χ0n) is 15.0. The Labute approximate surface area is 153 Å². The lowest BCUT2D eigenvalue weighted by atomic mass is 9.93. The molecule has 1 aromatic carbocycles. The molecule has 2 saturated heterocycles. The van der Waals surface area contributed by atoms with Gasteiger partial charge in [-0.3, -0.25) is 4.79 Å². The molecule has 3 amide bonds. The second kappa shape index (κ2) is 8.49. The monoisotopic (exact) mass is 362 g/mol. The van der Waals surface area contributed by atoms with Gasteiger partial charge >= 0.3 is 6.03 Å². The first-order chi connectivity index (χ1) is 12.6. The van der Waals surface area contributed by atoms with Crippen LogP contribution in [0.25, 0.3) is 0 Å². The molecule has 0 bridgehead atoms. The highest BCUT2D eigenvalue weighted by Gasteiger charge is 2.34. The predicted octanol–water partition coefficient (Wildman–Crippen LogP) is 2.41. The molecule has 2 atom stereocenters. The number of likely N-dealkylation sites (tertiary alicyclic amines) is 2. The Morgan fingerprint density at radius 2 is 1.96 bits per heavy atom. The maximum Gasteiger partial charge on any atom is 0.321 e. The van der Waals surface area contributed by atoms with E-state index in [0.29, 0.717) is 19.6 Å². The number of nitrogens with zero attached hydrogens (tertiary/aromatic N) is 2. The standard InChI is InChI=1S/C19H27FN4O2/c20-16-8-1-2-9-17(16)22-19(26)23-10-5-6-14(13-23)18(25)24-11-4-3-7-15(24)12-21/h1-2,8-9,14-15H,3-7,10-13,21H2,(H,22,26). The van der Waals surface area contributed by atoms with Crippen molar-refractivity contribution in [3.8, 4) is 0 Å². The number of halogens is 1. The number of nitrogens with two attached hydrogens (primary N) is 1. The molecular formula is C19H27FN4O2.